The number of alkyl halides is 4. The van der Waals surface area contributed by atoms with Crippen molar-refractivity contribution in [2.45, 2.75) is 10.3 Å². The van der Waals surface area contributed by atoms with Gasteiger partial charge >= 0.3 is 12.3 Å². The predicted octanol–water partition coefficient (Wildman–Crippen LogP) is 0.612. The maximum absolute atomic E-state index is 12.1. The molecule has 92 valence electrons. The SMILES string of the molecule is BN1CCN(C(=O)OC(I)C(F)(F)F)CC1. The van der Waals surface area contributed by atoms with Crippen LogP contribution in [0.1, 0.15) is 0 Å². The molecule has 1 fully saturated rings. The van der Waals surface area contributed by atoms with E-state index in [0.717, 1.165) is 22.6 Å². The van der Waals surface area contributed by atoms with Crippen LogP contribution in [0.3, 0.4) is 0 Å². The molecule has 0 bridgehead atoms. The van der Waals surface area contributed by atoms with E-state index in [-0.39, 0.29) is 0 Å². The first-order valence-corrected chi connectivity index (χ1v) is 5.90. The lowest BCUT2D eigenvalue weighted by Crippen LogP contribution is -2.48. The smallest absolute Gasteiger partial charge is 0.426 e. The summed E-state index contributed by atoms with van der Waals surface area (Å²) in [5, 5.41) is 0. The summed E-state index contributed by atoms with van der Waals surface area (Å²) in [7, 11) is 1.89. The number of hydrogen-bond donors (Lipinski definition) is 0. The molecule has 0 saturated carbocycles. The van der Waals surface area contributed by atoms with Crippen molar-refractivity contribution in [1.82, 2.24) is 9.71 Å². The highest BCUT2D eigenvalue weighted by molar-refractivity contribution is 14.1. The first-order chi connectivity index (χ1) is 7.30. The summed E-state index contributed by atoms with van der Waals surface area (Å²) in [6.07, 6.45) is -5.41. The van der Waals surface area contributed by atoms with Gasteiger partial charge in [-0.1, -0.05) is 0 Å². The van der Waals surface area contributed by atoms with Crippen molar-refractivity contribution in [1.29, 1.82) is 0 Å². The van der Waals surface area contributed by atoms with Gasteiger partial charge in [-0.25, -0.2) is 4.79 Å². The molecule has 0 aromatic carbocycles. The summed E-state index contributed by atoms with van der Waals surface area (Å²) in [6, 6.07) is 0. The standard InChI is InChI=1S/C7H11BF3IN2O2/c8-14-3-1-13(2-4-14)6(15)16-5(12)7(9,10)11/h5H,1-4,8H2. The van der Waals surface area contributed by atoms with Crippen LogP contribution >= 0.6 is 22.6 Å². The van der Waals surface area contributed by atoms with Crippen molar-refractivity contribution in [2.75, 3.05) is 26.2 Å². The van der Waals surface area contributed by atoms with Gasteiger partial charge in [-0.2, -0.15) is 13.2 Å². The summed E-state index contributed by atoms with van der Waals surface area (Å²) < 4.78 is 38.6. The predicted molar refractivity (Wildman–Crippen MR) is 62.0 cm³/mol. The molecule has 0 aliphatic carbocycles. The Hall–Kier alpha value is -0.185. The number of rotatable bonds is 1. The molecular weight excluding hydrogens is 339 g/mol. The molecule has 0 radical (unpaired) electrons. The molecule has 0 aromatic heterocycles. The average molecular weight is 350 g/mol. The number of ether oxygens (including phenoxy) is 1. The lowest BCUT2D eigenvalue weighted by molar-refractivity contribution is -0.170. The Morgan fingerprint density at radius 3 is 2.25 bits per heavy atom. The molecule has 1 aliphatic rings. The fourth-order valence-corrected chi connectivity index (χ4v) is 1.44. The van der Waals surface area contributed by atoms with Gasteiger partial charge in [-0.05, 0) is 22.6 Å². The molecule has 16 heavy (non-hydrogen) atoms. The second-order valence-electron chi connectivity index (χ2n) is 3.53. The van der Waals surface area contributed by atoms with Gasteiger partial charge in [0.2, 0.25) is 4.11 Å². The third kappa shape index (κ3) is 4.00. The van der Waals surface area contributed by atoms with E-state index in [4.69, 9.17) is 0 Å². The molecule has 0 spiro atoms. The lowest BCUT2D eigenvalue weighted by atomic mass is 10.2. The maximum Gasteiger partial charge on any atom is 0.435 e. The fourth-order valence-electron chi connectivity index (χ4n) is 1.22. The number of carbonyl (C=O) groups is 1. The highest BCUT2D eigenvalue weighted by Crippen LogP contribution is 2.28. The molecule has 1 amide bonds. The van der Waals surface area contributed by atoms with Crippen LogP contribution in [0.4, 0.5) is 18.0 Å². The largest absolute Gasteiger partial charge is 0.435 e. The fraction of sp³-hybridized carbons (Fsp3) is 0.857. The Balaban J connectivity index is 2.41. The maximum atomic E-state index is 12.1. The van der Waals surface area contributed by atoms with Crippen LogP contribution in [0, 0.1) is 0 Å². The van der Waals surface area contributed by atoms with E-state index >= 15 is 0 Å². The topological polar surface area (TPSA) is 32.8 Å². The number of piperazine rings is 1. The highest BCUT2D eigenvalue weighted by Gasteiger charge is 2.41. The second-order valence-corrected chi connectivity index (χ2v) is 4.66. The molecule has 4 nitrogen and oxygen atoms in total. The van der Waals surface area contributed by atoms with E-state index in [2.05, 4.69) is 4.74 Å². The van der Waals surface area contributed by atoms with Gasteiger partial charge in [0.1, 0.15) is 0 Å². The minimum Gasteiger partial charge on any atom is -0.426 e. The first kappa shape index (κ1) is 13.9. The van der Waals surface area contributed by atoms with Crippen molar-refractivity contribution in [3.8, 4) is 0 Å². The summed E-state index contributed by atoms with van der Waals surface area (Å²) in [6.45, 7) is 2.09. The van der Waals surface area contributed by atoms with Gasteiger partial charge in [0, 0.05) is 26.2 Å². The Morgan fingerprint density at radius 1 is 1.31 bits per heavy atom. The van der Waals surface area contributed by atoms with Crippen LogP contribution in [0.25, 0.3) is 0 Å². The molecule has 1 unspecified atom stereocenters. The van der Waals surface area contributed by atoms with Gasteiger partial charge < -0.3 is 14.4 Å². The summed E-state index contributed by atoms with van der Waals surface area (Å²) in [4.78, 5) is 14.6. The molecule has 0 N–H and O–H groups in total. The van der Waals surface area contributed by atoms with Crippen molar-refractivity contribution in [3.05, 3.63) is 0 Å². The Labute approximate surface area is 106 Å². The van der Waals surface area contributed by atoms with Crippen LogP contribution in [-0.2, 0) is 4.74 Å². The van der Waals surface area contributed by atoms with Crippen LogP contribution < -0.4 is 0 Å². The number of nitrogens with zero attached hydrogens (tertiary/aromatic N) is 2. The van der Waals surface area contributed by atoms with Crippen molar-refractivity contribution in [3.63, 3.8) is 0 Å². The van der Waals surface area contributed by atoms with Crippen molar-refractivity contribution < 1.29 is 22.7 Å². The Morgan fingerprint density at radius 2 is 1.81 bits per heavy atom. The Bertz CT molecular complexity index is 259. The van der Waals surface area contributed by atoms with Crippen LogP contribution in [0.15, 0.2) is 0 Å². The zero-order valence-corrected chi connectivity index (χ0v) is 10.8. The molecule has 1 saturated heterocycles. The summed E-state index contributed by atoms with van der Waals surface area (Å²) in [5.41, 5.74) is 0. The van der Waals surface area contributed by atoms with Crippen LogP contribution in [0.2, 0.25) is 0 Å². The van der Waals surface area contributed by atoms with Gasteiger partial charge in [-0.3, -0.25) is 0 Å². The first-order valence-electron chi connectivity index (χ1n) is 4.65. The number of halogens is 4. The van der Waals surface area contributed by atoms with Gasteiger partial charge in [0.25, 0.3) is 0 Å². The van der Waals surface area contributed by atoms with Gasteiger partial charge in [0.15, 0.2) is 7.98 Å². The molecule has 1 rings (SSSR count). The van der Waals surface area contributed by atoms with E-state index < -0.39 is 16.4 Å². The molecule has 1 heterocycles. The second kappa shape index (κ2) is 5.43. The van der Waals surface area contributed by atoms with E-state index in [0.29, 0.717) is 26.2 Å². The number of carbonyl (C=O) groups excluding carboxylic acids is 1. The normalized spacial score (nSPS) is 20.6. The lowest BCUT2D eigenvalue weighted by Gasteiger charge is -2.32. The molecule has 0 aromatic rings. The minimum absolute atomic E-state index is 0.399. The quantitative estimate of drug-likeness (QED) is 0.395. The molecule has 1 aliphatic heterocycles. The zero-order valence-electron chi connectivity index (χ0n) is 8.63. The monoisotopic (exact) mass is 350 g/mol. The third-order valence-electron chi connectivity index (χ3n) is 2.22. The van der Waals surface area contributed by atoms with Crippen molar-refractivity contribution in [2.24, 2.45) is 0 Å². The van der Waals surface area contributed by atoms with Gasteiger partial charge in [-0.15, -0.1) is 0 Å². The van der Waals surface area contributed by atoms with E-state index in [1.54, 1.807) is 0 Å². The highest BCUT2D eigenvalue weighted by atomic mass is 127. The van der Waals surface area contributed by atoms with Gasteiger partial charge in [0.05, 0.1) is 0 Å². The summed E-state index contributed by atoms with van der Waals surface area (Å²) in [5.74, 6) is 0. The van der Waals surface area contributed by atoms with E-state index in [1.165, 1.54) is 4.90 Å². The third-order valence-corrected chi connectivity index (χ3v) is 3.18. The van der Waals surface area contributed by atoms with E-state index in [9.17, 15) is 18.0 Å². The van der Waals surface area contributed by atoms with Crippen LogP contribution in [0.5, 0.6) is 0 Å². The average Bonchev–Trinajstić information content (AvgIpc) is 2.17. The number of amides is 1. The van der Waals surface area contributed by atoms with Crippen LogP contribution in [-0.4, -0.2) is 60.3 Å². The number of hydrogen-bond acceptors (Lipinski definition) is 3. The molecular formula is C7H11BF3IN2O2. The van der Waals surface area contributed by atoms with Crippen molar-refractivity contribution >= 4 is 36.7 Å². The van der Waals surface area contributed by atoms with E-state index in [1.807, 2.05) is 12.8 Å². The molecule has 9 heteroatoms. The minimum atomic E-state index is -4.51. The summed E-state index contributed by atoms with van der Waals surface area (Å²) >= 11 is 1.06. The molecule has 1 atom stereocenters. The zero-order chi connectivity index (χ0) is 12.3. The Kier molecular flexibility index (Phi) is 4.71.